The van der Waals surface area contributed by atoms with Crippen LogP contribution in [0.1, 0.15) is 25.3 Å². The number of amides is 2. The molecule has 1 aromatic carbocycles. The first-order chi connectivity index (χ1) is 10.1. The summed E-state index contributed by atoms with van der Waals surface area (Å²) in [6.45, 7) is 3.51. The molecule has 0 bridgehead atoms. The predicted molar refractivity (Wildman–Crippen MR) is 81.2 cm³/mol. The van der Waals surface area contributed by atoms with Gasteiger partial charge in [-0.2, -0.15) is 0 Å². The van der Waals surface area contributed by atoms with Crippen molar-refractivity contribution in [3.63, 3.8) is 0 Å². The van der Waals surface area contributed by atoms with Gasteiger partial charge in [0.1, 0.15) is 0 Å². The van der Waals surface area contributed by atoms with Crippen molar-refractivity contribution in [1.29, 1.82) is 0 Å². The lowest BCUT2D eigenvalue weighted by Gasteiger charge is -2.16. The number of rotatable bonds is 4. The molecule has 2 rings (SSSR count). The van der Waals surface area contributed by atoms with E-state index in [2.05, 4.69) is 5.32 Å². The summed E-state index contributed by atoms with van der Waals surface area (Å²) in [5.74, 6) is -0.374. The Kier molecular flexibility index (Phi) is 5.20. The smallest absolute Gasteiger partial charge is 0.321 e. The quantitative estimate of drug-likeness (QED) is 0.867. The molecule has 2 amide bonds. The fourth-order valence-electron chi connectivity index (χ4n) is 2.48. The van der Waals surface area contributed by atoms with E-state index in [1.54, 1.807) is 0 Å². The van der Waals surface area contributed by atoms with Crippen LogP contribution in [0.15, 0.2) is 24.3 Å². The Bertz CT molecular complexity index is 493. The molecule has 0 spiro atoms. The molecule has 1 fully saturated rings. The van der Waals surface area contributed by atoms with E-state index in [0.717, 1.165) is 37.2 Å². The van der Waals surface area contributed by atoms with Crippen LogP contribution >= 0.6 is 0 Å². The molecular formula is C16H22N2O3. The van der Waals surface area contributed by atoms with Crippen LogP contribution < -0.4 is 5.32 Å². The zero-order valence-electron chi connectivity index (χ0n) is 12.6. The Hall–Kier alpha value is -2.04. The molecule has 1 heterocycles. The van der Waals surface area contributed by atoms with Crippen LogP contribution in [-0.4, -0.2) is 37.1 Å². The van der Waals surface area contributed by atoms with Crippen LogP contribution in [0.3, 0.4) is 0 Å². The standard InChI is InChI=1S/C16H22N2O3/c1-12(15(19)21-2)11-13-5-7-14(8-6-13)17-16(20)18-9-3-4-10-18/h5-8,12H,3-4,9-11H2,1-2H3,(H,17,20). The van der Waals surface area contributed by atoms with Gasteiger partial charge >= 0.3 is 12.0 Å². The van der Waals surface area contributed by atoms with Gasteiger partial charge in [0.05, 0.1) is 13.0 Å². The summed E-state index contributed by atoms with van der Waals surface area (Å²) < 4.78 is 4.72. The number of anilines is 1. The summed E-state index contributed by atoms with van der Waals surface area (Å²) in [5.41, 5.74) is 1.83. The van der Waals surface area contributed by atoms with Gasteiger partial charge < -0.3 is 15.0 Å². The van der Waals surface area contributed by atoms with Crippen LogP contribution in [-0.2, 0) is 16.0 Å². The molecule has 1 aromatic rings. The Morgan fingerprint density at radius 3 is 2.43 bits per heavy atom. The first-order valence-corrected chi connectivity index (χ1v) is 7.33. The maximum Gasteiger partial charge on any atom is 0.321 e. The van der Waals surface area contributed by atoms with Crippen LogP contribution in [0.2, 0.25) is 0 Å². The average Bonchev–Trinajstić information content (AvgIpc) is 3.02. The number of likely N-dealkylation sites (tertiary alicyclic amines) is 1. The van der Waals surface area contributed by atoms with Gasteiger partial charge in [0.2, 0.25) is 0 Å². The molecule has 0 saturated carbocycles. The van der Waals surface area contributed by atoms with Crippen LogP contribution in [0, 0.1) is 5.92 Å². The first-order valence-electron chi connectivity index (χ1n) is 7.33. The summed E-state index contributed by atoms with van der Waals surface area (Å²) in [6, 6.07) is 7.56. The summed E-state index contributed by atoms with van der Waals surface area (Å²) in [6.07, 6.45) is 2.79. The van der Waals surface area contributed by atoms with Crippen molar-refractivity contribution < 1.29 is 14.3 Å². The van der Waals surface area contributed by atoms with E-state index in [9.17, 15) is 9.59 Å². The number of carbonyl (C=O) groups is 2. The summed E-state index contributed by atoms with van der Waals surface area (Å²) >= 11 is 0. The third-order valence-electron chi connectivity index (χ3n) is 3.74. The number of hydrogen-bond acceptors (Lipinski definition) is 3. The van der Waals surface area contributed by atoms with Crippen molar-refractivity contribution in [2.75, 3.05) is 25.5 Å². The van der Waals surface area contributed by atoms with E-state index in [4.69, 9.17) is 4.74 Å². The zero-order chi connectivity index (χ0) is 15.2. The van der Waals surface area contributed by atoms with E-state index >= 15 is 0 Å². The normalized spacial score (nSPS) is 15.6. The van der Waals surface area contributed by atoms with Gasteiger partial charge in [-0.05, 0) is 37.0 Å². The molecule has 1 saturated heterocycles. The van der Waals surface area contributed by atoms with Gasteiger partial charge in [-0.25, -0.2) is 4.79 Å². The van der Waals surface area contributed by atoms with Crippen molar-refractivity contribution in [2.24, 2.45) is 5.92 Å². The van der Waals surface area contributed by atoms with Crippen LogP contribution in [0.5, 0.6) is 0 Å². The molecule has 114 valence electrons. The minimum Gasteiger partial charge on any atom is -0.469 e. The number of esters is 1. The summed E-state index contributed by atoms with van der Waals surface area (Å²) in [7, 11) is 1.40. The third kappa shape index (κ3) is 4.21. The number of nitrogens with one attached hydrogen (secondary N) is 1. The van der Waals surface area contributed by atoms with Crippen molar-refractivity contribution in [3.05, 3.63) is 29.8 Å². The van der Waals surface area contributed by atoms with Crippen LogP contribution in [0.25, 0.3) is 0 Å². The number of nitrogens with zero attached hydrogens (tertiary/aromatic N) is 1. The van der Waals surface area contributed by atoms with Gasteiger partial charge in [0.25, 0.3) is 0 Å². The second-order valence-electron chi connectivity index (χ2n) is 5.45. The molecule has 1 N–H and O–H groups in total. The highest BCUT2D eigenvalue weighted by molar-refractivity contribution is 5.89. The van der Waals surface area contributed by atoms with Crippen molar-refractivity contribution in [2.45, 2.75) is 26.2 Å². The van der Waals surface area contributed by atoms with Gasteiger partial charge in [-0.3, -0.25) is 4.79 Å². The Morgan fingerprint density at radius 1 is 1.24 bits per heavy atom. The van der Waals surface area contributed by atoms with Gasteiger partial charge in [-0.15, -0.1) is 0 Å². The molecule has 1 unspecified atom stereocenters. The number of urea groups is 1. The largest absolute Gasteiger partial charge is 0.469 e. The number of methoxy groups -OCH3 is 1. The molecule has 0 radical (unpaired) electrons. The average molecular weight is 290 g/mol. The van der Waals surface area contributed by atoms with Gasteiger partial charge in [-0.1, -0.05) is 19.1 Å². The molecule has 5 nitrogen and oxygen atoms in total. The van der Waals surface area contributed by atoms with E-state index in [1.807, 2.05) is 36.1 Å². The fraction of sp³-hybridized carbons (Fsp3) is 0.500. The Labute approximate surface area is 125 Å². The highest BCUT2D eigenvalue weighted by Crippen LogP contribution is 2.16. The summed E-state index contributed by atoms with van der Waals surface area (Å²) in [5, 5.41) is 2.89. The lowest BCUT2D eigenvalue weighted by molar-refractivity contribution is -0.144. The van der Waals surface area contributed by atoms with Crippen molar-refractivity contribution in [1.82, 2.24) is 4.90 Å². The first kappa shape index (κ1) is 15.4. The summed E-state index contributed by atoms with van der Waals surface area (Å²) in [4.78, 5) is 25.2. The van der Waals surface area contributed by atoms with E-state index < -0.39 is 0 Å². The van der Waals surface area contributed by atoms with E-state index in [1.165, 1.54) is 7.11 Å². The second kappa shape index (κ2) is 7.11. The predicted octanol–water partition coefficient (Wildman–Crippen LogP) is 2.67. The fourth-order valence-corrected chi connectivity index (χ4v) is 2.48. The minimum atomic E-state index is -0.207. The Balaban J connectivity index is 1.89. The van der Waals surface area contributed by atoms with E-state index in [0.29, 0.717) is 6.42 Å². The van der Waals surface area contributed by atoms with E-state index in [-0.39, 0.29) is 17.9 Å². The number of benzene rings is 1. The maximum absolute atomic E-state index is 12.0. The molecule has 1 atom stereocenters. The second-order valence-corrected chi connectivity index (χ2v) is 5.45. The SMILES string of the molecule is COC(=O)C(C)Cc1ccc(NC(=O)N2CCCC2)cc1. The van der Waals surface area contributed by atoms with Crippen molar-refractivity contribution in [3.8, 4) is 0 Å². The lowest BCUT2D eigenvalue weighted by Crippen LogP contribution is -2.32. The molecule has 21 heavy (non-hydrogen) atoms. The van der Waals surface area contributed by atoms with Crippen LogP contribution in [0.4, 0.5) is 10.5 Å². The Morgan fingerprint density at radius 2 is 1.86 bits per heavy atom. The third-order valence-corrected chi connectivity index (χ3v) is 3.74. The topological polar surface area (TPSA) is 58.6 Å². The van der Waals surface area contributed by atoms with Gasteiger partial charge in [0.15, 0.2) is 0 Å². The molecule has 5 heteroatoms. The highest BCUT2D eigenvalue weighted by Gasteiger charge is 2.18. The molecule has 0 aliphatic carbocycles. The lowest BCUT2D eigenvalue weighted by atomic mass is 10.0. The number of carbonyl (C=O) groups excluding carboxylic acids is 2. The maximum atomic E-state index is 12.0. The molecule has 1 aliphatic heterocycles. The molecule has 1 aliphatic rings. The number of ether oxygens (including phenoxy) is 1. The minimum absolute atomic E-state index is 0.0387. The molecule has 0 aromatic heterocycles. The highest BCUT2D eigenvalue weighted by atomic mass is 16.5. The monoisotopic (exact) mass is 290 g/mol. The molecular weight excluding hydrogens is 268 g/mol. The van der Waals surface area contributed by atoms with Gasteiger partial charge in [0, 0.05) is 18.8 Å². The number of hydrogen-bond donors (Lipinski definition) is 1. The zero-order valence-corrected chi connectivity index (χ0v) is 12.6. The van der Waals surface area contributed by atoms with Crippen molar-refractivity contribution >= 4 is 17.7 Å².